The standard InChI is InChI=1S/C9H7Br2N3O3/c10-4-1-6(15)14(3-4)8-7(9(16)17)13-5(11)2-12-8/h2,4H,1,3H2,(H,16,17). The normalized spacial score (nSPS) is 19.8. The van der Waals surface area contributed by atoms with Crippen LogP contribution in [-0.2, 0) is 4.79 Å². The van der Waals surface area contributed by atoms with Crippen molar-refractivity contribution in [2.75, 3.05) is 11.4 Å². The fourth-order valence-corrected chi connectivity index (χ4v) is 2.42. The van der Waals surface area contributed by atoms with Crippen molar-refractivity contribution < 1.29 is 14.7 Å². The van der Waals surface area contributed by atoms with Crippen LogP contribution in [0.2, 0.25) is 0 Å². The number of aromatic carboxylic acids is 1. The molecule has 0 radical (unpaired) electrons. The maximum absolute atomic E-state index is 11.7. The van der Waals surface area contributed by atoms with E-state index in [0.717, 1.165) is 0 Å². The SMILES string of the molecule is O=C(O)c1nc(Br)cnc1N1CC(Br)CC1=O. The lowest BCUT2D eigenvalue weighted by atomic mass is 10.4. The van der Waals surface area contributed by atoms with Crippen molar-refractivity contribution in [2.24, 2.45) is 0 Å². The van der Waals surface area contributed by atoms with Gasteiger partial charge in [0.2, 0.25) is 5.91 Å². The van der Waals surface area contributed by atoms with E-state index >= 15 is 0 Å². The predicted molar refractivity (Wildman–Crippen MR) is 66.4 cm³/mol. The first-order valence-corrected chi connectivity index (χ1v) is 6.40. The van der Waals surface area contributed by atoms with Gasteiger partial charge in [-0.15, -0.1) is 0 Å². The largest absolute Gasteiger partial charge is 0.476 e. The number of aromatic nitrogens is 2. The minimum absolute atomic E-state index is 0.0158. The van der Waals surface area contributed by atoms with Gasteiger partial charge in [-0.2, -0.15) is 0 Å². The number of carboxylic acids is 1. The first kappa shape index (κ1) is 12.4. The fraction of sp³-hybridized carbons (Fsp3) is 0.333. The first-order chi connectivity index (χ1) is 7.99. The van der Waals surface area contributed by atoms with Crippen LogP contribution in [-0.4, -0.2) is 38.3 Å². The Bertz CT molecular complexity index is 494. The Kier molecular flexibility index (Phi) is 3.43. The number of amides is 1. The molecule has 0 aliphatic carbocycles. The Morgan fingerprint density at radius 1 is 1.59 bits per heavy atom. The molecule has 8 heteroatoms. The maximum atomic E-state index is 11.7. The van der Waals surface area contributed by atoms with Crippen LogP contribution < -0.4 is 4.90 Å². The van der Waals surface area contributed by atoms with E-state index in [9.17, 15) is 9.59 Å². The molecule has 17 heavy (non-hydrogen) atoms. The molecular formula is C9H7Br2N3O3. The van der Waals surface area contributed by atoms with Crippen LogP contribution in [0.15, 0.2) is 10.8 Å². The number of nitrogens with zero attached hydrogens (tertiary/aromatic N) is 3. The summed E-state index contributed by atoms with van der Waals surface area (Å²) in [5.41, 5.74) is -0.227. The van der Waals surface area contributed by atoms with E-state index < -0.39 is 5.97 Å². The number of alkyl halides is 1. The summed E-state index contributed by atoms with van der Waals surface area (Å²) in [5, 5.41) is 9.03. The maximum Gasteiger partial charge on any atom is 0.358 e. The van der Waals surface area contributed by atoms with Crippen molar-refractivity contribution in [3.05, 3.63) is 16.5 Å². The molecule has 1 unspecified atom stereocenters. The van der Waals surface area contributed by atoms with Crippen molar-refractivity contribution in [3.8, 4) is 0 Å². The predicted octanol–water partition coefficient (Wildman–Crippen LogP) is 1.44. The summed E-state index contributed by atoms with van der Waals surface area (Å²) >= 11 is 6.38. The average Bonchev–Trinajstić information content (AvgIpc) is 2.57. The Morgan fingerprint density at radius 3 is 2.82 bits per heavy atom. The number of halogens is 2. The third-order valence-corrected chi connectivity index (χ3v) is 3.26. The fourth-order valence-electron chi connectivity index (χ4n) is 1.57. The topological polar surface area (TPSA) is 83.4 Å². The Labute approximate surface area is 113 Å². The molecule has 2 heterocycles. The Morgan fingerprint density at radius 2 is 2.29 bits per heavy atom. The highest BCUT2D eigenvalue weighted by Gasteiger charge is 2.33. The van der Waals surface area contributed by atoms with Crippen LogP contribution in [0.1, 0.15) is 16.9 Å². The summed E-state index contributed by atoms with van der Waals surface area (Å²) < 4.78 is 0.320. The Hall–Kier alpha value is -1.02. The average molecular weight is 365 g/mol. The van der Waals surface area contributed by atoms with Gasteiger partial charge in [0.15, 0.2) is 11.5 Å². The molecule has 1 aromatic heterocycles. The minimum Gasteiger partial charge on any atom is -0.476 e. The molecule has 1 fully saturated rings. The molecule has 0 spiro atoms. The van der Waals surface area contributed by atoms with Gasteiger partial charge in [0, 0.05) is 17.8 Å². The van der Waals surface area contributed by atoms with E-state index in [1.54, 1.807) is 0 Å². The van der Waals surface area contributed by atoms with Crippen LogP contribution in [0, 0.1) is 0 Å². The van der Waals surface area contributed by atoms with Gasteiger partial charge >= 0.3 is 5.97 Å². The number of rotatable bonds is 2. The van der Waals surface area contributed by atoms with Crippen LogP contribution in [0.25, 0.3) is 0 Å². The molecule has 1 N–H and O–H groups in total. The molecule has 1 aliphatic rings. The highest BCUT2D eigenvalue weighted by Crippen LogP contribution is 2.26. The van der Waals surface area contributed by atoms with Crippen LogP contribution >= 0.6 is 31.9 Å². The smallest absolute Gasteiger partial charge is 0.358 e. The van der Waals surface area contributed by atoms with Gasteiger partial charge < -0.3 is 5.11 Å². The zero-order chi connectivity index (χ0) is 12.6. The summed E-state index contributed by atoms with van der Waals surface area (Å²) in [6.07, 6.45) is 1.70. The molecule has 1 aliphatic heterocycles. The lowest BCUT2D eigenvalue weighted by Gasteiger charge is -2.16. The van der Waals surface area contributed by atoms with Gasteiger partial charge in [-0.1, -0.05) is 15.9 Å². The second-order valence-corrected chi connectivity index (χ2v) is 5.58. The molecule has 2 rings (SSSR count). The Balaban J connectivity index is 2.45. The second-order valence-electron chi connectivity index (χ2n) is 3.48. The van der Waals surface area contributed by atoms with Gasteiger partial charge in [-0.25, -0.2) is 14.8 Å². The van der Waals surface area contributed by atoms with Gasteiger partial charge in [-0.3, -0.25) is 9.69 Å². The lowest BCUT2D eigenvalue weighted by molar-refractivity contribution is -0.117. The molecule has 1 amide bonds. The van der Waals surface area contributed by atoms with E-state index in [0.29, 0.717) is 17.6 Å². The number of carbonyl (C=O) groups excluding carboxylic acids is 1. The quantitative estimate of drug-likeness (QED) is 0.803. The van der Waals surface area contributed by atoms with Gasteiger partial charge in [0.05, 0.1) is 6.20 Å². The number of anilines is 1. The number of carbonyl (C=O) groups is 2. The highest BCUT2D eigenvalue weighted by atomic mass is 79.9. The minimum atomic E-state index is -1.21. The molecule has 90 valence electrons. The van der Waals surface area contributed by atoms with E-state index in [1.807, 2.05) is 0 Å². The highest BCUT2D eigenvalue weighted by molar-refractivity contribution is 9.10. The van der Waals surface area contributed by atoms with Crippen molar-refractivity contribution in [2.45, 2.75) is 11.2 Å². The zero-order valence-corrected chi connectivity index (χ0v) is 11.6. The van der Waals surface area contributed by atoms with E-state index in [-0.39, 0.29) is 22.2 Å². The lowest BCUT2D eigenvalue weighted by Crippen LogP contribution is -2.28. The molecule has 1 saturated heterocycles. The summed E-state index contributed by atoms with van der Waals surface area (Å²) in [6.45, 7) is 0.398. The number of hydrogen-bond acceptors (Lipinski definition) is 4. The number of hydrogen-bond donors (Lipinski definition) is 1. The zero-order valence-electron chi connectivity index (χ0n) is 8.43. The van der Waals surface area contributed by atoms with E-state index in [4.69, 9.17) is 5.11 Å². The van der Waals surface area contributed by atoms with E-state index in [2.05, 4.69) is 41.8 Å². The van der Waals surface area contributed by atoms with Crippen LogP contribution in [0.4, 0.5) is 5.82 Å². The monoisotopic (exact) mass is 363 g/mol. The number of carboxylic acid groups (broad SMARTS) is 1. The van der Waals surface area contributed by atoms with Crippen molar-refractivity contribution >= 4 is 49.6 Å². The molecular weight excluding hydrogens is 358 g/mol. The first-order valence-electron chi connectivity index (χ1n) is 4.69. The summed E-state index contributed by atoms with van der Waals surface area (Å²) in [4.78, 5) is 31.8. The van der Waals surface area contributed by atoms with Gasteiger partial charge in [0.25, 0.3) is 0 Å². The van der Waals surface area contributed by atoms with Crippen LogP contribution in [0.5, 0.6) is 0 Å². The molecule has 0 bridgehead atoms. The van der Waals surface area contributed by atoms with Crippen molar-refractivity contribution in [1.82, 2.24) is 9.97 Å². The molecule has 6 nitrogen and oxygen atoms in total. The molecule has 0 saturated carbocycles. The second kappa shape index (κ2) is 4.69. The van der Waals surface area contributed by atoms with E-state index in [1.165, 1.54) is 11.1 Å². The van der Waals surface area contributed by atoms with Crippen LogP contribution in [0.3, 0.4) is 0 Å². The van der Waals surface area contributed by atoms with Gasteiger partial charge in [-0.05, 0) is 15.9 Å². The third-order valence-electron chi connectivity index (χ3n) is 2.26. The summed E-state index contributed by atoms with van der Waals surface area (Å²) in [7, 11) is 0. The summed E-state index contributed by atoms with van der Waals surface area (Å²) in [6, 6.07) is 0. The van der Waals surface area contributed by atoms with Crippen molar-refractivity contribution in [3.63, 3.8) is 0 Å². The van der Waals surface area contributed by atoms with Crippen molar-refractivity contribution in [1.29, 1.82) is 0 Å². The van der Waals surface area contributed by atoms with Gasteiger partial charge in [0.1, 0.15) is 4.60 Å². The molecule has 1 atom stereocenters. The molecule has 1 aromatic rings. The molecule has 0 aromatic carbocycles. The third kappa shape index (κ3) is 2.47. The summed E-state index contributed by atoms with van der Waals surface area (Å²) in [5.74, 6) is -1.28.